The fourth-order valence-electron chi connectivity index (χ4n) is 8.35. The summed E-state index contributed by atoms with van der Waals surface area (Å²) in [6.07, 6.45) is 1.25. The van der Waals surface area contributed by atoms with Crippen LogP contribution in [0.2, 0.25) is 0 Å². The van der Waals surface area contributed by atoms with E-state index >= 15 is 0 Å². The average molecular weight is 643 g/mol. The molecule has 0 fully saturated rings. The van der Waals surface area contributed by atoms with E-state index in [4.69, 9.17) is 5.73 Å². The summed E-state index contributed by atoms with van der Waals surface area (Å²) >= 11 is 0. The third kappa shape index (κ3) is 4.42. The summed E-state index contributed by atoms with van der Waals surface area (Å²) in [4.78, 5) is 0. The minimum absolute atomic E-state index is 0.393. The minimum atomic E-state index is -0.393. The van der Waals surface area contributed by atoms with Crippen molar-refractivity contribution in [2.75, 3.05) is 11.1 Å². The van der Waals surface area contributed by atoms with E-state index in [0.29, 0.717) is 0 Å². The quantitative estimate of drug-likeness (QED) is 0.188. The zero-order valence-electron chi connectivity index (χ0n) is 28.4. The Morgan fingerprint density at radius 1 is 0.480 bits per heavy atom. The molecule has 2 heteroatoms. The lowest BCUT2D eigenvalue weighted by Gasteiger charge is -2.31. The lowest BCUT2D eigenvalue weighted by atomic mass is 9.69. The Hall–Kier alpha value is -6.12. The predicted molar refractivity (Wildman–Crippen MR) is 213 cm³/mol. The molecule has 0 saturated carbocycles. The monoisotopic (exact) mass is 642 g/mol. The molecule has 0 bridgehead atoms. The Balaban J connectivity index is 0.00000109. The van der Waals surface area contributed by atoms with Gasteiger partial charge in [-0.05, 0) is 120 Å². The van der Waals surface area contributed by atoms with Gasteiger partial charge in [-0.2, -0.15) is 0 Å². The van der Waals surface area contributed by atoms with Crippen LogP contribution in [0.5, 0.6) is 0 Å². The molecule has 0 radical (unpaired) electrons. The standard InChI is InChI=1S/C45H30N2.C3H8/c46-42-15-7-8-16-43(42)47-33-22-19-28(20-23-33)30-17-18-31-26-38-37-24-21-29-9-1-2-10-34(29)44(37)45(41(38)27-32(31)25-30)39-13-5-3-11-35(39)36-12-4-6-14-40(36)45;1-3-2/h1-27,47H,46H2;3H2,1-2H3. The summed E-state index contributed by atoms with van der Waals surface area (Å²) in [6.45, 7) is 4.25. The summed E-state index contributed by atoms with van der Waals surface area (Å²) in [5.41, 5.74) is 21.6. The summed E-state index contributed by atoms with van der Waals surface area (Å²) in [5, 5.41) is 8.55. The molecule has 0 saturated heterocycles. The molecule has 0 aliphatic heterocycles. The maximum Gasteiger partial charge on any atom is 0.0731 e. The van der Waals surface area contributed by atoms with Crippen molar-refractivity contribution in [3.8, 4) is 33.4 Å². The van der Waals surface area contributed by atoms with Gasteiger partial charge >= 0.3 is 0 Å². The molecule has 50 heavy (non-hydrogen) atoms. The van der Waals surface area contributed by atoms with Crippen LogP contribution in [-0.4, -0.2) is 0 Å². The molecular weight excluding hydrogens is 605 g/mol. The second-order valence-electron chi connectivity index (χ2n) is 13.5. The zero-order chi connectivity index (χ0) is 33.8. The minimum Gasteiger partial charge on any atom is -0.397 e. The molecule has 240 valence electrons. The highest BCUT2D eigenvalue weighted by molar-refractivity contribution is 6.06. The first-order valence-corrected chi connectivity index (χ1v) is 17.6. The van der Waals surface area contributed by atoms with Crippen LogP contribution in [0.1, 0.15) is 42.5 Å². The van der Waals surface area contributed by atoms with Crippen LogP contribution in [0.4, 0.5) is 17.1 Å². The van der Waals surface area contributed by atoms with E-state index in [1.165, 1.54) is 83.6 Å². The Bertz CT molecular complexity index is 2530. The Morgan fingerprint density at radius 2 is 1.10 bits per heavy atom. The maximum atomic E-state index is 6.17. The van der Waals surface area contributed by atoms with Crippen LogP contribution >= 0.6 is 0 Å². The van der Waals surface area contributed by atoms with Crippen molar-refractivity contribution in [2.45, 2.75) is 25.7 Å². The molecule has 3 N–H and O–H groups in total. The Labute approximate surface area is 293 Å². The van der Waals surface area contributed by atoms with Crippen molar-refractivity contribution < 1.29 is 0 Å². The van der Waals surface area contributed by atoms with Crippen LogP contribution in [0.3, 0.4) is 0 Å². The number of nitrogen functional groups attached to an aromatic ring is 1. The van der Waals surface area contributed by atoms with Crippen LogP contribution in [0.25, 0.3) is 54.9 Å². The number of nitrogens with one attached hydrogen (secondary N) is 1. The van der Waals surface area contributed by atoms with Crippen molar-refractivity contribution >= 4 is 38.6 Å². The fraction of sp³-hybridized carbons (Fsp3) is 0.0833. The van der Waals surface area contributed by atoms with E-state index in [2.05, 4.69) is 159 Å². The van der Waals surface area contributed by atoms with E-state index < -0.39 is 5.41 Å². The third-order valence-corrected chi connectivity index (χ3v) is 10.4. The van der Waals surface area contributed by atoms with Gasteiger partial charge in [0.25, 0.3) is 0 Å². The van der Waals surface area contributed by atoms with Gasteiger partial charge < -0.3 is 11.1 Å². The van der Waals surface area contributed by atoms with Gasteiger partial charge in [-0.15, -0.1) is 0 Å². The van der Waals surface area contributed by atoms with Gasteiger partial charge in [0.05, 0.1) is 16.8 Å². The topological polar surface area (TPSA) is 38.0 Å². The highest BCUT2D eigenvalue weighted by Gasteiger charge is 2.52. The molecule has 2 aliphatic rings. The highest BCUT2D eigenvalue weighted by Crippen LogP contribution is 2.64. The number of benzene rings is 8. The first-order chi connectivity index (χ1) is 24.6. The van der Waals surface area contributed by atoms with Crippen LogP contribution in [0.15, 0.2) is 164 Å². The molecular formula is C48H38N2. The largest absolute Gasteiger partial charge is 0.397 e. The Kier molecular flexibility index (Phi) is 7.07. The van der Waals surface area contributed by atoms with Gasteiger partial charge in [-0.3, -0.25) is 0 Å². The van der Waals surface area contributed by atoms with Gasteiger partial charge in [-0.1, -0.05) is 142 Å². The molecule has 0 aromatic heterocycles. The molecule has 1 spiro atoms. The van der Waals surface area contributed by atoms with Gasteiger partial charge in [-0.25, -0.2) is 0 Å². The molecule has 2 nitrogen and oxygen atoms in total. The number of rotatable bonds is 3. The van der Waals surface area contributed by atoms with E-state index in [-0.39, 0.29) is 0 Å². The maximum absolute atomic E-state index is 6.17. The summed E-state index contributed by atoms with van der Waals surface area (Å²) in [6, 6.07) is 59.9. The second kappa shape index (κ2) is 11.8. The molecule has 0 atom stereocenters. The molecule has 8 aromatic rings. The fourth-order valence-corrected chi connectivity index (χ4v) is 8.35. The van der Waals surface area contributed by atoms with Crippen molar-refractivity contribution in [2.24, 2.45) is 0 Å². The molecule has 2 aliphatic carbocycles. The van der Waals surface area contributed by atoms with Gasteiger partial charge in [0, 0.05) is 5.69 Å². The lowest BCUT2D eigenvalue weighted by molar-refractivity contribution is 0.802. The van der Waals surface area contributed by atoms with Crippen molar-refractivity contribution in [3.63, 3.8) is 0 Å². The highest BCUT2D eigenvalue weighted by atomic mass is 14.9. The van der Waals surface area contributed by atoms with Gasteiger partial charge in [0.1, 0.15) is 0 Å². The number of fused-ring (bicyclic) bond motifs is 13. The average Bonchev–Trinajstić information content (AvgIpc) is 3.62. The first kappa shape index (κ1) is 30.0. The van der Waals surface area contributed by atoms with Crippen LogP contribution < -0.4 is 11.1 Å². The summed E-state index contributed by atoms with van der Waals surface area (Å²) in [5.74, 6) is 0. The van der Waals surface area contributed by atoms with Crippen LogP contribution in [-0.2, 0) is 5.41 Å². The molecule has 0 amide bonds. The molecule has 10 rings (SSSR count). The van der Waals surface area contributed by atoms with E-state index in [0.717, 1.165) is 17.1 Å². The third-order valence-electron chi connectivity index (χ3n) is 10.4. The normalized spacial score (nSPS) is 12.9. The molecule has 8 aromatic carbocycles. The molecule has 0 heterocycles. The van der Waals surface area contributed by atoms with Gasteiger partial charge in [0.2, 0.25) is 0 Å². The molecule has 0 unspecified atom stereocenters. The SMILES string of the molecule is CCC.Nc1ccccc1Nc1ccc(-c2ccc3cc4c(cc3c2)C2(c3ccccc3-c3ccccc32)c2c-4ccc3ccccc23)cc1. The van der Waals surface area contributed by atoms with E-state index in [1.807, 2.05) is 24.3 Å². The van der Waals surface area contributed by atoms with E-state index in [9.17, 15) is 0 Å². The van der Waals surface area contributed by atoms with Crippen molar-refractivity contribution in [3.05, 3.63) is 186 Å². The van der Waals surface area contributed by atoms with E-state index in [1.54, 1.807) is 0 Å². The summed E-state index contributed by atoms with van der Waals surface area (Å²) < 4.78 is 0. The number of para-hydroxylation sites is 2. The second-order valence-corrected chi connectivity index (χ2v) is 13.5. The number of hydrogen-bond donors (Lipinski definition) is 2. The number of nitrogens with two attached hydrogens (primary N) is 1. The predicted octanol–water partition coefficient (Wildman–Crippen LogP) is 12.7. The van der Waals surface area contributed by atoms with Crippen LogP contribution in [0, 0.1) is 0 Å². The van der Waals surface area contributed by atoms with Gasteiger partial charge in [0.15, 0.2) is 0 Å². The smallest absolute Gasteiger partial charge is 0.0731 e. The summed E-state index contributed by atoms with van der Waals surface area (Å²) in [7, 11) is 0. The lowest BCUT2D eigenvalue weighted by Crippen LogP contribution is -2.26. The Morgan fingerprint density at radius 3 is 1.84 bits per heavy atom. The number of hydrogen-bond acceptors (Lipinski definition) is 2. The number of anilines is 3. The first-order valence-electron chi connectivity index (χ1n) is 17.6. The zero-order valence-corrected chi connectivity index (χ0v) is 28.4. The van der Waals surface area contributed by atoms with Crippen molar-refractivity contribution in [1.82, 2.24) is 0 Å². The van der Waals surface area contributed by atoms with Crippen molar-refractivity contribution in [1.29, 1.82) is 0 Å².